The number of hydrogen-bond donors (Lipinski definition) is 1. The zero-order chi connectivity index (χ0) is 17.4. The van der Waals surface area contributed by atoms with E-state index in [1.165, 1.54) is 14.2 Å². The Bertz CT molecular complexity index is 601. The average Bonchev–Trinajstić information content (AvgIpc) is 2.66. The predicted molar refractivity (Wildman–Crippen MR) is 98.2 cm³/mol. The monoisotopic (exact) mass is 347 g/mol. The van der Waals surface area contributed by atoms with E-state index >= 15 is 0 Å². The van der Waals surface area contributed by atoms with Crippen molar-refractivity contribution in [2.24, 2.45) is 0 Å². The van der Waals surface area contributed by atoms with Gasteiger partial charge < -0.3 is 9.05 Å². The molecule has 0 fully saturated rings. The van der Waals surface area contributed by atoms with Crippen LogP contribution >= 0.6 is 7.60 Å². The van der Waals surface area contributed by atoms with Crippen molar-refractivity contribution in [2.75, 3.05) is 14.2 Å². The molecule has 2 aromatic rings. The molecule has 0 aliphatic carbocycles. The Kier molecular flexibility index (Phi) is 7.19. The first-order valence-corrected chi connectivity index (χ1v) is 9.83. The minimum Gasteiger partial charge on any atom is -0.311 e. The smallest absolute Gasteiger partial charge is 0.311 e. The first-order valence-electron chi connectivity index (χ1n) is 8.21. The lowest BCUT2D eigenvalue weighted by Gasteiger charge is -2.30. The summed E-state index contributed by atoms with van der Waals surface area (Å²) in [6.45, 7) is 2.06. The van der Waals surface area contributed by atoms with E-state index in [4.69, 9.17) is 9.05 Å². The van der Waals surface area contributed by atoms with Crippen LogP contribution < -0.4 is 5.32 Å². The van der Waals surface area contributed by atoms with Crippen LogP contribution in [0.4, 0.5) is 0 Å². The van der Waals surface area contributed by atoms with Crippen LogP contribution in [0.1, 0.15) is 36.9 Å². The SMILES string of the molecule is CCCC(NC(c1ccccc1)c1ccccc1)P(=O)(OC)OC. The molecule has 2 rings (SSSR count). The lowest BCUT2D eigenvalue weighted by molar-refractivity contribution is 0.254. The van der Waals surface area contributed by atoms with Gasteiger partial charge in [-0.25, -0.2) is 0 Å². The summed E-state index contributed by atoms with van der Waals surface area (Å²) in [5.74, 6) is -0.372. The molecule has 0 aliphatic heterocycles. The summed E-state index contributed by atoms with van der Waals surface area (Å²) in [6.07, 6.45) is 1.58. The van der Waals surface area contributed by atoms with E-state index in [0.717, 1.165) is 17.5 Å². The van der Waals surface area contributed by atoms with Crippen LogP contribution in [-0.2, 0) is 13.6 Å². The first-order chi connectivity index (χ1) is 11.6. The maximum absolute atomic E-state index is 12.9. The molecule has 0 spiro atoms. The van der Waals surface area contributed by atoms with Gasteiger partial charge in [-0.05, 0) is 17.5 Å². The Balaban J connectivity index is 2.38. The van der Waals surface area contributed by atoms with Crippen molar-refractivity contribution in [3.63, 3.8) is 0 Å². The van der Waals surface area contributed by atoms with Gasteiger partial charge in [-0.3, -0.25) is 9.88 Å². The van der Waals surface area contributed by atoms with Crippen molar-refractivity contribution in [3.8, 4) is 0 Å². The predicted octanol–water partition coefficient (Wildman–Crippen LogP) is 4.98. The molecule has 0 aromatic heterocycles. The molecule has 0 saturated heterocycles. The third kappa shape index (κ3) is 4.55. The molecule has 0 radical (unpaired) electrons. The lowest BCUT2D eigenvalue weighted by Crippen LogP contribution is -2.34. The van der Waals surface area contributed by atoms with Gasteiger partial charge in [0, 0.05) is 14.2 Å². The van der Waals surface area contributed by atoms with Crippen molar-refractivity contribution < 1.29 is 13.6 Å². The highest BCUT2D eigenvalue weighted by molar-refractivity contribution is 7.54. The van der Waals surface area contributed by atoms with Gasteiger partial charge >= 0.3 is 7.60 Å². The van der Waals surface area contributed by atoms with Crippen molar-refractivity contribution in [2.45, 2.75) is 31.6 Å². The number of rotatable bonds is 9. The Morgan fingerprint density at radius 1 is 0.917 bits per heavy atom. The minimum atomic E-state index is -3.21. The molecule has 0 heterocycles. The summed E-state index contributed by atoms with van der Waals surface area (Å²) >= 11 is 0. The van der Waals surface area contributed by atoms with Crippen LogP contribution in [0, 0.1) is 0 Å². The molecular formula is C19H26NO3P. The fourth-order valence-corrected chi connectivity index (χ4v) is 4.37. The lowest BCUT2D eigenvalue weighted by atomic mass is 9.98. The molecule has 4 nitrogen and oxygen atoms in total. The average molecular weight is 347 g/mol. The number of hydrogen-bond acceptors (Lipinski definition) is 4. The number of benzene rings is 2. The minimum absolute atomic E-state index is 0.0809. The van der Waals surface area contributed by atoms with Crippen LogP contribution in [0.5, 0.6) is 0 Å². The summed E-state index contributed by atoms with van der Waals surface area (Å²) in [7, 11) is -0.335. The number of nitrogens with one attached hydrogen (secondary N) is 1. The van der Waals surface area contributed by atoms with E-state index < -0.39 is 7.60 Å². The van der Waals surface area contributed by atoms with Crippen molar-refractivity contribution in [1.82, 2.24) is 5.32 Å². The molecule has 1 atom stereocenters. The largest absolute Gasteiger partial charge is 0.346 e. The third-order valence-electron chi connectivity index (χ3n) is 4.08. The zero-order valence-electron chi connectivity index (χ0n) is 14.5. The summed E-state index contributed by atoms with van der Waals surface area (Å²) in [5, 5.41) is 3.52. The zero-order valence-corrected chi connectivity index (χ0v) is 15.4. The van der Waals surface area contributed by atoms with Crippen LogP contribution in [0.25, 0.3) is 0 Å². The molecule has 24 heavy (non-hydrogen) atoms. The second-order valence-electron chi connectivity index (χ2n) is 5.63. The van der Waals surface area contributed by atoms with Crippen LogP contribution in [0.15, 0.2) is 60.7 Å². The second kappa shape index (κ2) is 9.14. The molecule has 2 aromatic carbocycles. The van der Waals surface area contributed by atoms with E-state index in [2.05, 4.69) is 36.5 Å². The highest BCUT2D eigenvalue weighted by Gasteiger charge is 2.35. The van der Waals surface area contributed by atoms with Gasteiger partial charge in [0.2, 0.25) is 0 Å². The molecule has 0 saturated carbocycles. The maximum Gasteiger partial charge on any atom is 0.346 e. The van der Waals surface area contributed by atoms with Crippen LogP contribution in [-0.4, -0.2) is 20.0 Å². The Morgan fingerprint density at radius 2 is 1.38 bits per heavy atom. The van der Waals surface area contributed by atoms with Gasteiger partial charge in [0.1, 0.15) is 5.78 Å². The molecule has 1 N–H and O–H groups in total. The third-order valence-corrected chi connectivity index (χ3v) is 6.27. The highest BCUT2D eigenvalue weighted by atomic mass is 31.2. The van der Waals surface area contributed by atoms with Crippen molar-refractivity contribution in [1.29, 1.82) is 0 Å². The van der Waals surface area contributed by atoms with Gasteiger partial charge in [0.25, 0.3) is 0 Å². The van der Waals surface area contributed by atoms with Gasteiger partial charge in [-0.2, -0.15) is 0 Å². The molecule has 0 bridgehead atoms. The normalized spacial score (nSPS) is 13.2. The fourth-order valence-electron chi connectivity index (χ4n) is 2.80. The second-order valence-corrected chi connectivity index (χ2v) is 8.06. The van der Waals surface area contributed by atoms with E-state index in [9.17, 15) is 4.57 Å². The Labute approximate surface area is 144 Å². The molecule has 1 unspecified atom stereocenters. The van der Waals surface area contributed by atoms with E-state index in [0.29, 0.717) is 6.42 Å². The van der Waals surface area contributed by atoms with E-state index in [1.807, 2.05) is 36.4 Å². The molecule has 0 amide bonds. The highest BCUT2D eigenvalue weighted by Crippen LogP contribution is 2.52. The van der Waals surface area contributed by atoms with Gasteiger partial charge in [0.05, 0.1) is 6.04 Å². The van der Waals surface area contributed by atoms with E-state index in [-0.39, 0.29) is 11.8 Å². The van der Waals surface area contributed by atoms with Crippen LogP contribution in [0.3, 0.4) is 0 Å². The van der Waals surface area contributed by atoms with Crippen LogP contribution in [0.2, 0.25) is 0 Å². The molecule has 5 heteroatoms. The van der Waals surface area contributed by atoms with Crippen molar-refractivity contribution >= 4 is 7.60 Å². The molecular weight excluding hydrogens is 321 g/mol. The summed E-state index contributed by atoms with van der Waals surface area (Å²) in [6, 6.07) is 20.2. The Hall–Kier alpha value is -1.45. The summed E-state index contributed by atoms with van der Waals surface area (Å²) in [5.41, 5.74) is 2.23. The summed E-state index contributed by atoms with van der Waals surface area (Å²) < 4.78 is 23.4. The summed E-state index contributed by atoms with van der Waals surface area (Å²) in [4.78, 5) is 0. The topological polar surface area (TPSA) is 47.6 Å². The Morgan fingerprint density at radius 3 is 1.75 bits per heavy atom. The first kappa shape index (κ1) is 18.9. The fraction of sp³-hybridized carbons (Fsp3) is 0.368. The standard InChI is InChI=1S/C19H26NO3P/c1-4-11-18(24(21,22-2)23-3)20-19(16-12-7-5-8-13-16)17-14-9-6-10-15-17/h5-10,12-15,18-20H,4,11H2,1-3H3. The molecule has 0 aliphatic rings. The van der Waals surface area contributed by atoms with Gasteiger partial charge in [-0.15, -0.1) is 0 Å². The van der Waals surface area contributed by atoms with E-state index in [1.54, 1.807) is 0 Å². The quantitative estimate of drug-likeness (QED) is 0.650. The van der Waals surface area contributed by atoms with Gasteiger partial charge in [-0.1, -0.05) is 74.0 Å². The van der Waals surface area contributed by atoms with Crippen molar-refractivity contribution in [3.05, 3.63) is 71.8 Å². The maximum atomic E-state index is 12.9. The molecule has 130 valence electrons. The van der Waals surface area contributed by atoms with Gasteiger partial charge in [0.15, 0.2) is 0 Å².